The van der Waals surface area contributed by atoms with Crippen LogP contribution in [0.25, 0.3) is 0 Å². The summed E-state index contributed by atoms with van der Waals surface area (Å²) in [6.07, 6.45) is -1.49. The molecule has 1 aromatic carbocycles. The van der Waals surface area contributed by atoms with Gasteiger partial charge in [-0.3, -0.25) is 24.6 Å². The van der Waals surface area contributed by atoms with Gasteiger partial charge >= 0.3 is 6.09 Å². The zero-order valence-corrected chi connectivity index (χ0v) is 25.5. The van der Waals surface area contributed by atoms with Crippen LogP contribution < -0.4 is 10.4 Å². The van der Waals surface area contributed by atoms with Gasteiger partial charge in [0.2, 0.25) is 11.8 Å². The van der Waals surface area contributed by atoms with Gasteiger partial charge in [-0.15, -0.1) is 11.8 Å². The molecule has 3 heterocycles. The van der Waals surface area contributed by atoms with Crippen molar-refractivity contribution in [2.75, 3.05) is 40.8 Å². The largest absolute Gasteiger partial charge is 0.543 e. The Morgan fingerprint density at radius 3 is 2.44 bits per heavy atom. The Morgan fingerprint density at radius 1 is 1.23 bits per heavy atom. The molecule has 15 heteroatoms. The van der Waals surface area contributed by atoms with E-state index in [-0.39, 0.29) is 36.9 Å². The number of hydrogen-bond donors (Lipinski definition) is 2. The Balaban J connectivity index is 1.51. The number of β-lactam (4-membered cyclic amide) rings is 1. The molecule has 14 nitrogen and oxygen atoms in total. The Morgan fingerprint density at radius 2 is 1.88 bits per heavy atom. The number of rotatable bonds is 11. The van der Waals surface area contributed by atoms with Crippen molar-refractivity contribution in [2.45, 2.75) is 50.3 Å². The van der Waals surface area contributed by atoms with Crippen LogP contribution in [0.15, 0.2) is 34.9 Å². The molecule has 2 N–H and O–H groups in total. The third kappa shape index (κ3) is 6.78. The first kappa shape index (κ1) is 32.2. The highest BCUT2D eigenvalue weighted by Crippen LogP contribution is 2.52. The van der Waals surface area contributed by atoms with Crippen LogP contribution >= 0.6 is 11.8 Å². The van der Waals surface area contributed by atoms with Gasteiger partial charge in [-0.25, -0.2) is 4.79 Å². The van der Waals surface area contributed by atoms with Crippen LogP contribution in [0.1, 0.15) is 25.8 Å². The van der Waals surface area contributed by atoms with Crippen molar-refractivity contribution in [1.29, 1.82) is 0 Å². The molecule has 43 heavy (non-hydrogen) atoms. The molecule has 0 unspecified atom stereocenters. The minimum absolute atomic E-state index is 0.0756. The topological polar surface area (TPSA) is 182 Å². The Hall–Kier alpha value is -3.69. The van der Waals surface area contributed by atoms with Gasteiger partial charge < -0.3 is 34.4 Å². The average molecular weight is 620 g/mol. The summed E-state index contributed by atoms with van der Waals surface area (Å²) in [4.78, 5) is 64.6. The number of nitrogens with zero attached hydrogens (tertiary/aromatic N) is 4. The molecular weight excluding hydrogens is 582 g/mol. The van der Waals surface area contributed by atoms with E-state index in [1.165, 1.54) is 52.8 Å². The van der Waals surface area contributed by atoms with Gasteiger partial charge in [-0.05, 0) is 31.0 Å². The van der Waals surface area contributed by atoms with Gasteiger partial charge in [0.1, 0.15) is 12.6 Å². The highest BCUT2D eigenvalue weighted by molar-refractivity contribution is 8.03. The van der Waals surface area contributed by atoms with Crippen LogP contribution in [0.4, 0.5) is 10.5 Å². The van der Waals surface area contributed by atoms with Crippen LogP contribution in [0.5, 0.6) is 0 Å². The number of aliphatic hydroxyl groups excluding tert-OH is 1. The maximum atomic E-state index is 13.3. The highest BCUT2D eigenvalue weighted by atomic mass is 32.2. The first-order valence-electron chi connectivity index (χ1n) is 14.0. The molecule has 0 aromatic heterocycles. The number of hydrogen-bond acceptors (Lipinski definition) is 10. The lowest BCUT2D eigenvalue weighted by Crippen LogP contribution is -2.64. The number of nitrogens with one attached hydrogen (secondary N) is 1. The van der Waals surface area contributed by atoms with Crippen molar-refractivity contribution in [3.8, 4) is 0 Å². The lowest BCUT2D eigenvalue weighted by atomic mass is 9.79. The number of quaternary nitrogens is 1. The second-order valence-electron chi connectivity index (χ2n) is 12.2. The molecule has 0 bridgehead atoms. The van der Waals surface area contributed by atoms with E-state index in [0.717, 1.165) is 0 Å². The van der Waals surface area contributed by atoms with Gasteiger partial charge in [-0.2, -0.15) is 0 Å². The number of carbonyl (C=O) groups excluding carboxylic acids is 4. The number of carboxylic acid groups (broad SMARTS) is 1. The standard InChI is InChI=1S/C28H37N5O9S/c1-15-22-21(16(2)34)26(36)31(22)23(27(37)38)24(15)43-19-12-20(25(35)29-10-11-33(3,4)5)30(13-19)28(39)42-14-17-6-8-18(9-7-17)32(40)41/h6-9,15-16,19-22,34H,10-14H2,1-5H3,(H-,29,35,37,38)/t15-,16-,19+,20+,21-,22-/m1/s1. The molecule has 2 saturated heterocycles. The fraction of sp³-hybridized carbons (Fsp3) is 0.571. The number of likely N-dealkylation sites (N-methyl/N-ethyl adjacent to an activating group) is 1. The number of ether oxygens (including phenoxy) is 1. The van der Waals surface area contributed by atoms with Crippen LogP contribution in [0.3, 0.4) is 0 Å². The monoisotopic (exact) mass is 619 g/mol. The predicted octanol–water partition coefficient (Wildman–Crippen LogP) is 0.0489. The van der Waals surface area contributed by atoms with E-state index in [1.54, 1.807) is 6.92 Å². The van der Waals surface area contributed by atoms with Crippen LogP contribution in [-0.4, -0.2) is 112 Å². The number of nitro benzene ring substituents is 1. The summed E-state index contributed by atoms with van der Waals surface area (Å²) >= 11 is 1.20. The number of carboxylic acids is 1. The third-order valence-corrected chi connectivity index (χ3v) is 9.48. The van der Waals surface area contributed by atoms with E-state index >= 15 is 0 Å². The number of non-ortho nitro benzene ring substituents is 1. The molecule has 6 atom stereocenters. The maximum absolute atomic E-state index is 13.3. The minimum Gasteiger partial charge on any atom is -0.543 e. The smallest absolute Gasteiger partial charge is 0.410 e. The fourth-order valence-corrected chi connectivity index (χ4v) is 7.28. The van der Waals surface area contributed by atoms with E-state index in [4.69, 9.17) is 4.74 Å². The maximum Gasteiger partial charge on any atom is 0.410 e. The normalized spacial score (nSPS) is 25.7. The Kier molecular flexibility index (Phi) is 9.37. The van der Waals surface area contributed by atoms with E-state index < -0.39 is 58.2 Å². The van der Waals surface area contributed by atoms with Gasteiger partial charge in [-0.1, -0.05) is 6.92 Å². The van der Waals surface area contributed by atoms with Crippen molar-refractivity contribution in [3.63, 3.8) is 0 Å². The molecule has 3 aliphatic rings. The molecule has 2 fully saturated rings. The summed E-state index contributed by atoms with van der Waals surface area (Å²) in [5.41, 5.74) is 0.198. The number of likely N-dealkylation sites (tertiary alicyclic amines) is 1. The molecule has 1 aromatic rings. The molecule has 234 valence electrons. The molecule has 3 amide bonds. The number of benzene rings is 1. The zero-order chi connectivity index (χ0) is 31.8. The van der Waals surface area contributed by atoms with E-state index in [1.807, 2.05) is 21.1 Å². The number of thioether (sulfide) groups is 1. The summed E-state index contributed by atoms with van der Waals surface area (Å²) in [6.45, 7) is 4.21. The molecule has 0 aliphatic carbocycles. The van der Waals surface area contributed by atoms with Gasteiger partial charge in [0.05, 0.1) is 68.9 Å². The van der Waals surface area contributed by atoms with Crippen molar-refractivity contribution < 1.29 is 43.5 Å². The van der Waals surface area contributed by atoms with E-state index in [2.05, 4.69) is 5.32 Å². The predicted molar refractivity (Wildman–Crippen MR) is 153 cm³/mol. The second kappa shape index (κ2) is 12.5. The summed E-state index contributed by atoms with van der Waals surface area (Å²) in [7, 11) is 5.95. The molecule has 0 spiro atoms. The van der Waals surface area contributed by atoms with Crippen molar-refractivity contribution in [2.24, 2.45) is 11.8 Å². The highest BCUT2D eigenvalue weighted by Gasteiger charge is 2.59. The van der Waals surface area contributed by atoms with Crippen molar-refractivity contribution in [1.82, 2.24) is 15.1 Å². The summed E-state index contributed by atoms with van der Waals surface area (Å²) < 4.78 is 6.09. The van der Waals surface area contributed by atoms with Crippen LogP contribution in [0.2, 0.25) is 0 Å². The van der Waals surface area contributed by atoms with Gasteiger partial charge in [0, 0.05) is 34.8 Å². The quantitative estimate of drug-likeness (QED) is 0.149. The average Bonchev–Trinajstić information content (AvgIpc) is 3.44. The zero-order valence-electron chi connectivity index (χ0n) is 24.7. The third-order valence-electron chi connectivity index (χ3n) is 7.99. The molecular formula is C28H37N5O9S. The van der Waals surface area contributed by atoms with Crippen LogP contribution in [0, 0.1) is 22.0 Å². The van der Waals surface area contributed by atoms with Crippen molar-refractivity contribution >= 4 is 41.3 Å². The molecule has 4 rings (SSSR count). The van der Waals surface area contributed by atoms with Gasteiger partial charge in [0.25, 0.3) is 5.69 Å². The molecule has 3 aliphatic heterocycles. The van der Waals surface area contributed by atoms with Crippen LogP contribution in [-0.2, 0) is 25.7 Å². The number of amides is 3. The first-order chi connectivity index (χ1) is 20.1. The molecule has 0 radical (unpaired) electrons. The van der Waals surface area contributed by atoms with Crippen molar-refractivity contribution in [3.05, 3.63) is 50.5 Å². The lowest BCUT2D eigenvalue weighted by Gasteiger charge is -2.47. The Bertz CT molecular complexity index is 1330. The van der Waals surface area contributed by atoms with Gasteiger partial charge in [0.15, 0.2) is 0 Å². The summed E-state index contributed by atoms with van der Waals surface area (Å²) in [5.74, 6) is -3.46. The first-order valence-corrected chi connectivity index (χ1v) is 14.9. The fourth-order valence-electron chi connectivity index (χ4n) is 5.76. The number of aliphatic hydroxyl groups is 1. The second-order valence-corrected chi connectivity index (χ2v) is 13.5. The minimum atomic E-state index is -1.50. The Labute approximate surface area is 253 Å². The number of aliphatic carboxylic acids is 1. The number of carbonyl (C=O) groups is 4. The number of nitro groups is 1. The SMILES string of the molecule is C[C@@H](O)[C@H]1C(=O)N2C(C(=O)[O-])=C(S[C@H]3C[C@@H](C(=O)NCC[N+](C)(C)C)N(C(=O)OCc4ccc([N+](=O)[O-])cc4)C3)[C@H](C)[C@H]12. The van der Waals surface area contributed by atoms with E-state index in [9.17, 15) is 39.5 Å². The number of fused-ring (bicyclic) bond motifs is 1. The summed E-state index contributed by atoms with van der Waals surface area (Å²) in [5, 5.41) is 35.7. The summed E-state index contributed by atoms with van der Waals surface area (Å²) in [6, 6.07) is 4.16. The molecule has 0 saturated carbocycles. The lowest BCUT2D eigenvalue weighted by molar-refractivity contribution is -0.869. The van der Waals surface area contributed by atoms with E-state index in [0.29, 0.717) is 28.0 Å².